The lowest BCUT2D eigenvalue weighted by Crippen LogP contribution is -2.47. The number of nitrogens with one attached hydrogen (secondary N) is 1. The maximum Gasteiger partial charge on any atom is 0.319 e. The standard InChI is InChI=1S/C24H26N4O3/c1-30-23-25-15-12-21(26-23)31-20-13-16-28(17-14-20)24(29)27-22(18-8-4-2-5-9-18)19-10-6-3-7-11-19/h2-12,15,20,22H,13-14,16-17H2,1H3,(H,27,29). The Hall–Kier alpha value is -3.61. The molecule has 0 radical (unpaired) electrons. The highest BCUT2D eigenvalue weighted by Gasteiger charge is 2.26. The van der Waals surface area contributed by atoms with Gasteiger partial charge in [0.05, 0.1) is 13.2 Å². The Balaban J connectivity index is 1.37. The normalized spacial score (nSPS) is 14.3. The van der Waals surface area contributed by atoms with Gasteiger partial charge in [-0.2, -0.15) is 4.98 Å². The summed E-state index contributed by atoms with van der Waals surface area (Å²) in [6.07, 6.45) is 3.09. The maximum atomic E-state index is 13.0. The van der Waals surface area contributed by atoms with Crippen LogP contribution < -0.4 is 14.8 Å². The molecule has 0 unspecified atom stereocenters. The number of piperidine rings is 1. The lowest BCUT2D eigenvalue weighted by molar-refractivity contribution is 0.106. The van der Waals surface area contributed by atoms with Crippen LogP contribution in [0.2, 0.25) is 0 Å². The summed E-state index contributed by atoms with van der Waals surface area (Å²) in [5.41, 5.74) is 2.11. The van der Waals surface area contributed by atoms with Gasteiger partial charge in [0.25, 0.3) is 0 Å². The second-order valence-electron chi connectivity index (χ2n) is 7.39. The number of hydrogen-bond acceptors (Lipinski definition) is 5. The minimum absolute atomic E-state index is 0.00250. The molecule has 1 saturated heterocycles. The van der Waals surface area contributed by atoms with Crippen molar-refractivity contribution < 1.29 is 14.3 Å². The van der Waals surface area contributed by atoms with Gasteiger partial charge in [-0.25, -0.2) is 9.78 Å². The van der Waals surface area contributed by atoms with Gasteiger partial charge in [0.15, 0.2) is 0 Å². The largest absolute Gasteiger partial charge is 0.474 e. The Morgan fingerprint density at radius 1 is 1.00 bits per heavy atom. The zero-order chi connectivity index (χ0) is 21.5. The molecular weight excluding hydrogens is 392 g/mol. The highest BCUT2D eigenvalue weighted by Crippen LogP contribution is 2.23. The fraction of sp³-hybridized carbons (Fsp3) is 0.292. The number of carbonyl (C=O) groups excluding carboxylic acids is 1. The van der Waals surface area contributed by atoms with Crippen molar-refractivity contribution in [2.75, 3.05) is 20.2 Å². The predicted octanol–water partition coefficient (Wildman–Crippen LogP) is 3.83. The molecule has 2 amide bonds. The third-order valence-electron chi connectivity index (χ3n) is 5.34. The summed E-state index contributed by atoms with van der Waals surface area (Å²) < 4.78 is 11.0. The van der Waals surface area contributed by atoms with E-state index in [2.05, 4.69) is 15.3 Å². The lowest BCUT2D eigenvalue weighted by Gasteiger charge is -2.33. The molecule has 7 nitrogen and oxygen atoms in total. The van der Waals surface area contributed by atoms with Gasteiger partial charge in [0, 0.05) is 38.2 Å². The number of rotatable bonds is 6. The summed E-state index contributed by atoms with van der Waals surface area (Å²) in [5.74, 6) is 0.489. The molecule has 1 aliphatic rings. The summed E-state index contributed by atoms with van der Waals surface area (Å²) in [5, 5.41) is 3.21. The molecule has 1 aromatic heterocycles. The van der Waals surface area contributed by atoms with E-state index >= 15 is 0 Å². The van der Waals surface area contributed by atoms with Crippen LogP contribution in [0.25, 0.3) is 0 Å². The van der Waals surface area contributed by atoms with Gasteiger partial charge in [0.2, 0.25) is 5.88 Å². The van der Waals surface area contributed by atoms with Crippen LogP contribution in [0, 0.1) is 0 Å². The van der Waals surface area contributed by atoms with Crippen molar-refractivity contribution in [2.24, 2.45) is 0 Å². The maximum absolute atomic E-state index is 13.0. The second-order valence-corrected chi connectivity index (χ2v) is 7.39. The molecule has 0 aliphatic carbocycles. The number of benzene rings is 2. The van der Waals surface area contributed by atoms with Gasteiger partial charge in [-0.15, -0.1) is 0 Å². The molecule has 1 N–H and O–H groups in total. The first-order valence-electron chi connectivity index (χ1n) is 10.4. The van der Waals surface area contributed by atoms with Crippen LogP contribution in [0.15, 0.2) is 72.9 Å². The number of likely N-dealkylation sites (tertiary alicyclic amines) is 1. The molecule has 31 heavy (non-hydrogen) atoms. The summed E-state index contributed by atoms with van der Waals surface area (Å²) in [6.45, 7) is 1.24. The summed E-state index contributed by atoms with van der Waals surface area (Å²) in [6, 6.07) is 21.8. The van der Waals surface area contributed by atoms with Gasteiger partial charge >= 0.3 is 12.0 Å². The van der Waals surface area contributed by atoms with E-state index in [1.165, 1.54) is 7.11 Å². The van der Waals surface area contributed by atoms with Crippen molar-refractivity contribution in [3.8, 4) is 11.9 Å². The van der Waals surface area contributed by atoms with Crippen LogP contribution in [-0.2, 0) is 0 Å². The molecule has 4 rings (SSSR count). The van der Waals surface area contributed by atoms with Gasteiger partial charge in [0.1, 0.15) is 6.10 Å². The Morgan fingerprint density at radius 2 is 1.61 bits per heavy atom. The average molecular weight is 418 g/mol. The Morgan fingerprint density at radius 3 is 2.19 bits per heavy atom. The van der Waals surface area contributed by atoms with E-state index in [4.69, 9.17) is 9.47 Å². The van der Waals surface area contributed by atoms with E-state index in [9.17, 15) is 4.79 Å². The first-order chi connectivity index (χ1) is 15.2. The Bertz CT molecular complexity index is 937. The third kappa shape index (κ3) is 5.31. The smallest absolute Gasteiger partial charge is 0.319 e. The molecule has 0 saturated carbocycles. The monoisotopic (exact) mass is 418 g/mol. The molecule has 2 aromatic carbocycles. The van der Waals surface area contributed by atoms with Crippen molar-refractivity contribution >= 4 is 6.03 Å². The topological polar surface area (TPSA) is 76.6 Å². The summed E-state index contributed by atoms with van der Waals surface area (Å²) in [4.78, 5) is 23.1. The number of aromatic nitrogens is 2. The SMILES string of the molecule is COc1nccc(OC2CCN(C(=O)NC(c3ccccc3)c3ccccc3)CC2)n1. The zero-order valence-electron chi connectivity index (χ0n) is 17.5. The fourth-order valence-corrected chi connectivity index (χ4v) is 3.70. The molecule has 1 aliphatic heterocycles. The summed E-state index contributed by atoms with van der Waals surface area (Å²) >= 11 is 0. The number of hydrogen-bond donors (Lipinski definition) is 1. The molecule has 0 atom stereocenters. The molecule has 160 valence electrons. The quantitative estimate of drug-likeness (QED) is 0.658. The van der Waals surface area contributed by atoms with Crippen LogP contribution in [-0.4, -0.2) is 47.2 Å². The summed E-state index contributed by atoms with van der Waals surface area (Å²) in [7, 11) is 1.52. The minimum atomic E-state index is -0.197. The lowest BCUT2D eigenvalue weighted by atomic mass is 9.99. The van der Waals surface area contributed by atoms with Crippen LogP contribution in [0.4, 0.5) is 4.79 Å². The van der Waals surface area contributed by atoms with Crippen molar-refractivity contribution in [3.05, 3.63) is 84.1 Å². The molecule has 0 bridgehead atoms. The molecule has 0 spiro atoms. The van der Waals surface area contributed by atoms with Gasteiger partial charge < -0.3 is 19.7 Å². The minimum Gasteiger partial charge on any atom is -0.474 e. The van der Waals surface area contributed by atoms with E-state index in [0.29, 0.717) is 19.0 Å². The number of nitrogens with zero attached hydrogens (tertiary/aromatic N) is 3. The van der Waals surface area contributed by atoms with Crippen LogP contribution in [0.3, 0.4) is 0 Å². The predicted molar refractivity (Wildman–Crippen MR) is 117 cm³/mol. The van der Waals surface area contributed by atoms with Crippen molar-refractivity contribution in [3.63, 3.8) is 0 Å². The number of carbonyl (C=O) groups is 1. The average Bonchev–Trinajstić information content (AvgIpc) is 2.84. The Kier molecular flexibility index (Phi) is 6.62. The van der Waals surface area contributed by atoms with Crippen molar-refractivity contribution in [1.29, 1.82) is 0 Å². The van der Waals surface area contributed by atoms with E-state index < -0.39 is 0 Å². The van der Waals surface area contributed by atoms with Crippen LogP contribution >= 0.6 is 0 Å². The molecule has 3 aromatic rings. The Labute approximate surface area is 182 Å². The van der Waals surface area contributed by atoms with E-state index in [0.717, 1.165) is 24.0 Å². The van der Waals surface area contributed by atoms with E-state index in [1.807, 2.05) is 65.6 Å². The molecule has 1 fully saturated rings. The number of ether oxygens (including phenoxy) is 2. The van der Waals surface area contributed by atoms with Crippen molar-refractivity contribution in [1.82, 2.24) is 20.2 Å². The zero-order valence-corrected chi connectivity index (χ0v) is 17.5. The highest BCUT2D eigenvalue weighted by molar-refractivity contribution is 5.75. The van der Waals surface area contributed by atoms with Gasteiger partial charge in [-0.1, -0.05) is 60.7 Å². The van der Waals surface area contributed by atoms with E-state index in [-0.39, 0.29) is 24.2 Å². The van der Waals surface area contributed by atoms with Crippen LogP contribution in [0.1, 0.15) is 30.0 Å². The highest BCUT2D eigenvalue weighted by atomic mass is 16.5. The van der Waals surface area contributed by atoms with Crippen molar-refractivity contribution in [2.45, 2.75) is 25.0 Å². The molecule has 7 heteroatoms. The third-order valence-corrected chi connectivity index (χ3v) is 5.34. The fourth-order valence-electron chi connectivity index (χ4n) is 3.70. The van der Waals surface area contributed by atoms with Gasteiger partial charge in [-0.3, -0.25) is 0 Å². The van der Waals surface area contributed by atoms with E-state index in [1.54, 1.807) is 12.3 Å². The first kappa shape index (κ1) is 20.7. The first-order valence-corrected chi connectivity index (χ1v) is 10.4. The van der Waals surface area contributed by atoms with Gasteiger partial charge in [-0.05, 0) is 11.1 Å². The molecule has 2 heterocycles. The van der Waals surface area contributed by atoms with Crippen LogP contribution in [0.5, 0.6) is 11.9 Å². The number of methoxy groups -OCH3 is 1. The second kappa shape index (κ2) is 9.93. The number of urea groups is 1. The molecular formula is C24H26N4O3. The number of amides is 2.